The van der Waals surface area contributed by atoms with Gasteiger partial charge in [0.05, 0.1) is 0 Å². The van der Waals surface area contributed by atoms with Crippen LogP contribution < -0.4 is 5.46 Å². The summed E-state index contributed by atoms with van der Waals surface area (Å²) in [5.41, 5.74) is 2.69. The van der Waals surface area contributed by atoms with E-state index >= 15 is 0 Å². The summed E-state index contributed by atoms with van der Waals surface area (Å²) in [6.45, 7) is 4.41. The Bertz CT molecular complexity index is 256. The molecule has 1 rings (SSSR count). The number of hydrogen-bond acceptors (Lipinski definition) is 0. The van der Waals surface area contributed by atoms with Crippen molar-refractivity contribution in [2.24, 2.45) is 0 Å². The van der Waals surface area contributed by atoms with Gasteiger partial charge in [0.15, 0.2) is 0 Å². The van der Waals surface area contributed by atoms with Gasteiger partial charge in [-0.25, -0.2) is 0 Å². The molecule has 0 unspecified atom stereocenters. The predicted molar refractivity (Wildman–Crippen MR) is 56.4 cm³/mol. The van der Waals surface area contributed by atoms with Gasteiger partial charge in [-0.05, 0) is 17.5 Å². The average Bonchev–Trinajstić information content (AvgIpc) is 1.94. The third-order valence-corrected chi connectivity index (χ3v) is 2.72. The first-order valence-corrected chi connectivity index (χ1v) is 4.66. The largest absolute Gasteiger partial charge is 0.140 e. The van der Waals surface area contributed by atoms with Gasteiger partial charge < -0.3 is 0 Å². The molecule has 0 aliphatic heterocycles. The van der Waals surface area contributed by atoms with Crippen molar-refractivity contribution in [2.75, 3.05) is 0 Å². The summed E-state index contributed by atoms with van der Waals surface area (Å²) in [6.07, 6.45) is 0. The van der Waals surface area contributed by atoms with Crippen molar-refractivity contribution < 1.29 is 0 Å². The zero-order valence-corrected chi connectivity index (χ0v) is 8.77. The third-order valence-electron chi connectivity index (χ3n) is 1.86. The van der Waals surface area contributed by atoms with Gasteiger partial charge in [-0.2, -0.15) is 0 Å². The molecule has 1 aromatic carbocycles. The topological polar surface area (TPSA) is 0 Å². The lowest BCUT2D eigenvalue weighted by Gasteiger charge is -2.06. The minimum absolute atomic E-state index is 0.617. The van der Waals surface area contributed by atoms with E-state index in [-0.39, 0.29) is 0 Å². The Morgan fingerprint density at radius 2 is 2.00 bits per heavy atom. The van der Waals surface area contributed by atoms with Crippen LogP contribution in [0.3, 0.4) is 0 Å². The van der Waals surface area contributed by atoms with Crippen molar-refractivity contribution in [3.8, 4) is 0 Å². The molecule has 0 aliphatic rings. The molecular formula is C9H12BBr. The third kappa shape index (κ3) is 2.09. The number of benzene rings is 1. The molecule has 0 radical (unpaired) electrons. The van der Waals surface area contributed by atoms with Gasteiger partial charge in [0.2, 0.25) is 0 Å². The minimum atomic E-state index is 0.617. The molecule has 0 N–H and O–H groups in total. The van der Waals surface area contributed by atoms with E-state index in [1.807, 2.05) is 0 Å². The van der Waals surface area contributed by atoms with E-state index in [4.69, 9.17) is 0 Å². The van der Waals surface area contributed by atoms with E-state index in [1.54, 1.807) is 0 Å². The Labute approximate surface area is 77.5 Å². The molecule has 58 valence electrons. The first-order valence-electron chi connectivity index (χ1n) is 3.87. The average molecular weight is 211 g/mol. The van der Waals surface area contributed by atoms with Gasteiger partial charge in [0, 0.05) is 4.47 Å². The predicted octanol–water partition coefficient (Wildman–Crippen LogP) is 1.83. The van der Waals surface area contributed by atoms with Crippen LogP contribution >= 0.6 is 15.9 Å². The lowest BCUT2D eigenvalue weighted by Crippen LogP contribution is -2.04. The highest BCUT2D eigenvalue weighted by atomic mass is 79.9. The normalized spacial score (nSPS) is 10.5. The molecule has 1 aromatic rings. The first-order chi connectivity index (χ1) is 5.11. The first kappa shape index (κ1) is 8.86. The summed E-state index contributed by atoms with van der Waals surface area (Å²) in [5, 5.41) is 0. The van der Waals surface area contributed by atoms with Gasteiger partial charge in [0.1, 0.15) is 7.85 Å². The molecule has 0 aromatic heterocycles. The second-order valence-corrected chi connectivity index (χ2v) is 4.02. The zero-order valence-electron chi connectivity index (χ0n) is 7.19. The van der Waals surface area contributed by atoms with E-state index < -0.39 is 0 Å². The molecule has 0 saturated heterocycles. The summed E-state index contributed by atoms with van der Waals surface area (Å²) < 4.78 is 1.21. The van der Waals surface area contributed by atoms with Gasteiger partial charge in [-0.1, -0.05) is 47.4 Å². The Morgan fingerprint density at radius 1 is 1.36 bits per heavy atom. The molecule has 2 heteroatoms. The Balaban J connectivity index is 3.05. The smallest absolute Gasteiger partial charge is 0.0750 e. The fraction of sp³-hybridized carbons (Fsp3) is 0.333. The van der Waals surface area contributed by atoms with Crippen LogP contribution in [0.2, 0.25) is 0 Å². The Kier molecular flexibility index (Phi) is 2.77. The van der Waals surface area contributed by atoms with Crippen LogP contribution in [0.4, 0.5) is 0 Å². The zero-order chi connectivity index (χ0) is 8.43. The monoisotopic (exact) mass is 210 g/mol. The van der Waals surface area contributed by atoms with Gasteiger partial charge >= 0.3 is 0 Å². The molecular weight excluding hydrogens is 199 g/mol. The van der Waals surface area contributed by atoms with Crippen molar-refractivity contribution in [3.05, 3.63) is 28.2 Å². The highest BCUT2D eigenvalue weighted by Crippen LogP contribution is 2.16. The molecule has 11 heavy (non-hydrogen) atoms. The summed E-state index contributed by atoms with van der Waals surface area (Å²) in [5.74, 6) is 0.617. The number of halogens is 1. The van der Waals surface area contributed by atoms with Crippen LogP contribution in [-0.2, 0) is 0 Å². The SMILES string of the molecule is Bc1ccc(C(C)C)cc1Br. The molecule has 0 aliphatic carbocycles. The summed E-state index contributed by atoms with van der Waals surface area (Å²) in [6, 6.07) is 6.53. The second kappa shape index (κ2) is 3.44. The Morgan fingerprint density at radius 3 is 2.45 bits per heavy atom. The van der Waals surface area contributed by atoms with Crippen molar-refractivity contribution in [1.29, 1.82) is 0 Å². The molecule has 0 bridgehead atoms. The van der Waals surface area contributed by atoms with Crippen molar-refractivity contribution >= 4 is 29.2 Å². The summed E-state index contributed by atoms with van der Waals surface area (Å²) in [7, 11) is 2.11. The number of rotatable bonds is 1. The summed E-state index contributed by atoms with van der Waals surface area (Å²) in [4.78, 5) is 0. The molecule has 0 atom stereocenters. The lowest BCUT2D eigenvalue weighted by atomic mass is 9.93. The van der Waals surface area contributed by atoms with Crippen molar-refractivity contribution in [2.45, 2.75) is 19.8 Å². The summed E-state index contributed by atoms with van der Waals surface area (Å²) >= 11 is 3.51. The lowest BCUT2D eigenvalue weighted by molar-refractivity contribution is 0.866. The van der Waals surface area contributed by atoms with Gasteiger partial charge in [0.25, 0.3) is 0 Å². The molecule has 0 fully saturated rings. The Hall–Kier alpha value is -0.235. The highest BCUT2D eigenvalue weighted by Gasteiger charge is 2.00. The molecule has 0 amide bonds. The van der Waals surface area contributed by atoms with E-state index in [1.165, 1.54) is 15.5 Å². The van der Waals surface area contributed by atoms with Crippen LogP contribution in [0.5, 0.6) is 0 Å². The standard InChI is InChI=1S/C9H12BBr/c1-6(2)7-3-4-8(10)9(11)5-7/h3-6H,10H2,1-2H3. The molecule has 0 saturated carbocycles. The maximum Gasteiger partial charge on any atom is 0.140 e. The second-order valence-electron chi connectivity index (χ2n) is 3.16. The number of hydrogen-bond donors (Lipinski definition) is 0. The fourth-order valence-corrected chi connectivity index (χ4v) is 1.36. The van der Waals surface area contributed by atoms with Gasteiger partial charge in [-0.15, -0.1) is 0 Å². The van der Waals surface area contributed by atoms with Gasteiger partial charge in [-0.3, -0.25) is 0 Å². The van der Waals surface area contributed by atoms with Crippen LogP contribution in [0.25, 0.3) is 0 Å². The van der Waals surface area contributed by atoms with E-state index in [9.17, 15) is 0 Å². The van der Waals surface area contributed by atoms with Crippen LogP contribution in [0.1, 0.15) is 25.3 Å². The van der Waals surface area contributed by atoms with Crippen molar-refractivity contribution in [1.82, 2.24) is 0 Å². The van der Waals surface area contributed by atoms with E-state index in [2.05, 4.69) is 55.8 Å². The maximum absolute atomic E-state index is 3.51. The fourth-order valence-electron chi connectivity index (χ4n) is 0.968. The maximum atomic E-state index is 3.51. The van der Waals surface area contributed by atoms with Crippen LogP contribution in [0, 0.1) is 0 Å². The van der Waals surface area contributed by atoms with E-state index in [0.717, 1.165) is 0 Å². The quantitative estimate of drug-likeness (QED) is 0.621. The van der Waals surface area contributed by atoms with Crippen LogP contribution in [0.15, 0.2) is 22.7 Å². The highest BCUT2D eigenvalue weighted by molar-refractivity contribution is 9.10. The van der Waals surface area contributed by atoms with Crippen molar-refractivity contribution in [3.63, 3.8) is 0 Å². The van der Waals surface area contributed by atoms with Crippen LogP contribution in [-0.4, -0.2) is 7.85 Å². The molecule has 0 nitrogen and oxygen atoms in total. The molecule has 0 heterocycles. The minimum Gasteiger partial charge on any atom is -0.0750 e. The van der Waals surface area contributed by atoms with E-state index in [0.29, 0.717) is 5.92 Å². The molecule has 0 spiro atoms.